The van der Waals surface area contributed by atoms with Crippen LogP contribution in [0.15, 0.2) is 91.5 Å². The van der Waals surface area contributed by atoms with Crippen molar-refractivity contribution in [2.75, 3.05) is 0 Å². The Morgan fingerprint density at radius 2 is 1.48 bits per heavy atom. The lowest BCUT2D eigenvalue weighted by Gasteiger charge is -2.15. The van der Waals surface area contributed by atoms with Gasteiger partial charge in [0.2, 0.25) is 0 Å². The molecule has 1 N–H and O–H groups in total. The summed E-state index contributed by atoms with van der Waals surface area (Å²) in [5.41, 5.74) is 5.12. The van der Waals surface area contributed by atoms with Crippen LogP contribution in [0.2, 0.25) is 0 Å². The molecule has 0 aliphatic heterocycles. The molecule has 0 saturated carbocycles. The third-order valence-electron chi connectivity index (χ3n) is 4.56. The molecule has 2 aromatic carbocycles. The molecule has 1 atom stereocenters. The molecule has 0 spiro atoms. The first-order chi connectivity index (χ1) is 13.3. The summed E-state index contributed by atoms with van der Waals surface area (Å²) in [6.07, 6.45) is 5.48. The van der Waals surface area contributed by atoms with E-state index in [4.69, 9.17) is 0 Å². The molecule has 0 saturated heterocycles. The summed E-state index contributed by atoms with van der Waals surface area (Å²) in [5, 5.41) is 10.6. The lowest BCUT2D eigenvalue weighted by Crippen LogP contribution is -2.18. The highest BCUT2D eigenvalue weighted by molar-refractivity contribution is 5.78. The third-order valence-corrected chi connectivity index (χ3v) is 4.56. The van der Waals surface area contributed by atoms with E-state index >= 15 is 0 Å². The summed E-state index contributed by atoms with van der Waals surface area (Å²) in [4.78, 5) is 8.78. The molecule has 0 aliphatic rings. The Hall–Kier alpha value is -3.24. The zero-order valence-corrected chi connectivity index (χ0v) is 14.9. The van der Waals surface area contributed by atoms with Gasteiger partial charge in [0.05, 0.1) is 30.4 Å². The Morgan fingerprint density at radius 3 is 2.19 bits per heavy atom. The van der Waals surface area contributed by atoms with Gasteiger partial charge >= 0.3 is 0 Å². The van der Waals surface area contributed by atoms with Crippen molar-refractivity contribution in [1.82, 2.24) is 14.5 Å². The number of nitrogens with zero attached hydrogens (tertiary/aromatic N) is 3. The van der Waals surface area contributed by atoms with E-state index in [0.29, 0.717) is 13.0 Å². The van der Waals surface area contributed by atoms with Gasteiger partial charge in [0.15, 0.2) is 0 Å². The van der Waals surface area contributed by atoms with Crippen molar-refractivity contribution in [2.24, 2.45) is 0 Å². The van der Waals surface area contributed by atoms with E-state index < -0.39 is 6.10 Å². The molecule has 4 aromatic rings. The Bertz CT molecular complexity index is 982. The maximum absolute atomic E-state index is 10.6. The fraction of sp³-hybridized carbons (Fsp3) is 0.130. The quantitative estimate of drug-likeness (QED) is 0.563. The monoisotopic (exact) mass is 355 g/mol. The van der Waals surface area contributed by atoms with Crippen LogP contribution < -0.4 is 0 Å². The SMILES string of the molecule is O[C@H](Cc1ccccc1)Cn1cnc(-c2ccccc2)c1-c1ccncc1. The Labute approximate surface area is 158 Å². The van der Waals surface area contributed by atoms with Crippen molar-refractivity contribution in [2.45, 2.75) is 19.1 Å². The second kappa shape index (κ2) is 7.98. The molecule has 134 valence electrons. The highest BCUT2D eigenvalue weighted by Gasteiger charge is 2.17. The van der Waals surface area contributed by atoms with Crippen LogP contribution in [0, 0.1) is 0 Å². The van der Waals surface area contributed by atoms with Crippen LogP contribution in [-0.4, -0.2) is 25.7 Å². The highest BCUT2D eigenvalue weighted by Crippen LogP contribution is 2.31. The average Bonchev–Trinajstić information content (AvgIpc) is 3.13. The summed E-state index contributed by atoms with van der Waals surface area (Å²) < 4.78 is 2.03. The standard InChI is InChI=1S/C23H21N3O/c27-21(15-18-7-3-1-4-8-18)16-26-17-25-22(19-9-5-2-6-10-19)23(26)20-11-13-24-14-12-20/h1-14,17,21,27H,15-16H2/t21-/m1/s1. The molecule has 2 heterocycles. The van der Waals surface area contributed by atoms with Crippen molar-refractivity contribution in [1.29, 1.82) is 0 Å². The summed E-state index contributed by atoms with van der Waals surface area (Å²) in [6.45, 7) is 0.479. The van der Waals surface area contributed by atoms with E-state index in [9.17, 15) is 5.11 Å². The van der Waals surface area contributed by atoms with Crippen molar-refractivity contribution in [3.05, 3.63) is 97.1 Å². The molecule has 2 aromatic heterocycles. The molecule has 4 nitrogen and oxygen atoms in total. The summed E-state index contributed by atoms with van der Waals surface area (Å²) in [5.74, 6) is 0. The van der Waals surface area contributed by atoms with Crippen LogP contribution >= 0.6 is 0 Å². The van der Waals surface area contributed by atoms with E-state index in [1.54, 1.807) is 12.4 Å². The van der Waals surface area contributed by atoms with E-state index in [1.165, 1.54) is 0 Å². The second-order valence-corrected chi connectivity index (χ2v) is 6.54. The Kier molecular flexibility index (Phi) is 5.08. The van der Waals surface area contributed by atoms with Gasteiger partial charge in [-0.2, -0.15) is 0 Å². The summed E-state index contributed by atoms with van der Waals surface area (Å²) >= 11 is 0. The number of benzene rings is 2. The number of imidazole rings is 1. The largest absolute Gasteiger partial charge is 0.391 e. The maximum Gasteiger partial charge on any atom is 0.0963 e. The predicted octanol–water partition coefficient (Wildman–Crippen LogP) is 4.22. The minimum Gasteiger partial charge on any atom is -0.391 e. The van der Waals surface area contributed by atoms with Gasteiger partial charge in [0.25, 0.3) is 0 Å². The summed E-state index contributed by atoms with van der Waals surface area (Å²) in [6, 6.07) is 24.1. The van der Waals surface area contributed by atoms with Crippen molar-refractivity contribution in [3.63, 3.8) is 0 Å². The van der Waals surface area contributed by atoms with Crippen LogP contribution in [0.5, 0.6) is 0 Å². The first-order valence-electron chi connectivity index (χ1n) is 9.04. The normalized spacial score (nSPS) is 12.0. The summed E-state index contributed by atoms with van der Waals surface area (Å²) in [7, 11) is 0. The van der Waals surface area contributed by atoms with E-state index in [2.05, 4.69) is 22.1 Å². The van der Waals surface area contributed by atoms with Crippen LogP contribution in [-0.2, 0) is 13.0 Å². The first-order valence-corrected chi connectivity index (χ1v) is 9.04. The number of aliphatic hydroxyl groups is 1. The number of hydrogen-bond acceptors (Lipinski definition) is 3. The smallest absolute Gasteiger partial charge is 0.0963 e. The zero-order chi connectivity index (χ0) is 18.5. The van der Waals surface area contributed by atoms with E-state index in [1.807, 2.05) is 71.6 Å². The molecular formula is C23H21N3O. The fourth-order valence-corrected chi connectivity index (χ4v) is 3.32. The highest BCUT2D eigenvalue weighted by atomic mass is 16.3. The van der Waals surface area contributed by atoms with Crippen LogP contribution in [0.1, 0.15) is 5.56 Å². The van der Waals surface area contributed by atoms with Gasteiger partial charge < -0.3 is 9.67 Å². The van der Waals surface area contributed by atoms with Crippen LogP contribution in [0.3, 0.4) is 0 Å². The van der Waals surface area contributed by atoms with Crippen molar-refractivity contribution < 1.29 is 5.11 Å². The van der Waals surface area contributed by atoms with Gasteiger partial charge in [-0.25, -0.2) is 4.98 Å². The lowest BCUT2D eigenvalue weighted by molar-refractivity contribution is 0.155. The number of aliphatic hydroxyl groups excluding tert-OH is 1. The molecule has 0 fully saturated rings. The molecule has 0 aliphatic carbocycles. The first kappa shape index (κ1) is 17.2. The average molecular weight is 355 g/mol. The Balaban J connectivity index is 1.67. The number of aromatic nitrogens is 3. The van der Waals surface area contributed by atoms with Gasteiger partial charge in [-0.15, -0.1) is 0 Å². The van der Waals surface area contributed by atoms with Crippen molar-refractivity contribution in [3.8, 4) is 22.5 Å². The van der Waals surface area contributed by atoms with Gasteiger partial charge in [0.1, 0.15) is 0 Å². The van der Waals surface area contributed by atoms with Gasteiger partial charge in [-0.3, -0.25) is 4.98 Å². The minimum absolute atomic E-state index is 0.479. The van der Waals surface area contributed by atoms with E-state index in [0.717, 1.165) is 28.1 Å². The number of rotatable bonds is 6. The van der Waals surface area contributed by atoms with E-state index in [-0.39, 0.29) is 0 Å². The van der Waals surface area contributed by atoms with Gasteiger partial charge in [-0.05, 0) is 17.7 Å². The second-order valence-electron chi connectivity index (χ2n) is 6.54. The topological polar surface area (TPSA) is 50.9 Å². The Morgan fingerprint density at radius 1 is 0.815 bits per heavy atom. The van der Waals surface area contributed by atoms with Gasteiger partial charge in [-0.1, -0.05) is 60.7 Å². The minimum atomic E-state index is -0.495. The molecule has 0 amide bonds. The van der Waals surface area contributed by atoms with Gasteiger partial charge in [0, 0.05) is 29.9 Å². The molecule has 0 bridgehead atoms. The van der Waals surface area contributed by atoms with Crippen molar-refractivity contribution >= 4 is 0 Å². The fourth-order valence-electron chi connectivity index (χ4n) is 3.32. The van der Waals surface area contributed by atoms with Crippen LogP contribution in [0.25, 0.3) is 22.5 Å². The zero-order valence-electron chi connectivity index (χ0n) is 14.9. The molecular weight excluding hydrogens is 334 g/mol. The molecule has 0 unspecified atom stereocenters. The number of hydrogen-bond donors (Lipinski definition) is 1. The molecule has 4 heteroatoms. The molecule has 27 heavy (non-hydrogen) atoms. The predicted molar refractivity (Wildman–Crippen MR) is 107 cm³/mol. The van der Waals surface area contributed by atoms with Crippen LogP contribution in [0.4, 0.5) is 0 Å². The third kappa shape index (κ3) is 3.96. The molecule has 0 radical (unpaired) electrons. The lowest BCUT2D eigenvalue weighted by atomic mass is 10.0. The maximum atomic E-state index is 10.6. The number of pyridine rings is 1. The molecule has 4 rings (SSSR count).